The van der Waals surface area contributed by atoms with Crippen LogP contribution < -0.4 is 11.7 Å². The van der Waals surface area contributed by atoms with Crippen molar-refractivity contribution in [3.63, 3.8) is 0 Å². The van der Waals surface area contributed by atoms with Gasteiger partial charge in [-0.1, -0.05) is 5.28 Å². The lowest BCUT2D eigenvalue weighted by atomic mass is 10.8. The Balaban J connectivity index is 2.68. The molecule has 0 aliphatic rings. The number of rotatable bonds is 3. The largest absolute Gasteiger partial charge is 0.394 e. The van der Waals surface area contributed by atoms with Crippen molar-refractivity contribution in [2.75, 3.05) is 13.2 Å². The predicted molar refractivity (Wildman–Crippen MR) is 23.3 cm³/mol. The molecule has 0 aliphatic carbocycles. The molecule has 0 aromatic rings. The topological polar surface area (TPSA) is 84.7 Å². The molecule has 0 saturated carbocycles. The Morgan fingerprint density at radius 3 is 2.29 bits per heavy atom. The van der Waals surface area contributed by atoms with Crippen molar-refractivity contribution >= 4 is 0 Å². The third-order valence-corrected chi connectivity index (χ3v) is 0.332. The molecule has 0 rings (SSSR count). The van der Waals surface area contributed by atoms with Crippen LogP contribution in [-0.2, 0) is 4.84 Å². The third kappa shape index (κ3) is 5.80. The van der Waals surface area contributed by atoms with E-state index in [1.165, 1.54) is 0 Å². The zero-order chi connectivity index (χ0) is 5.70. The first-order chi connectivity index (χ1) is 3.27. The molecule has 0 saturated heterocycles. The van der Waals surface area contributed by atoms with Gasteiger partial charge in [0.2, 0.25) is 0 Å². The van der Waals surface area contributed by atoms with Gasteiger partial charge in [-0.2, -0.15) is 0 Å². The Labute approximate surface area is 41.3 Å². The Bertz CT molecular complexity index is 39.9. The van der Waals surface area contributed by atoms with Crippen LogP contribution in [0.25, 0.3) is 0 Å². The molecule has 0 bridgehead atoms. The summed E-state index contributed by atoms with van der Waals surface area (Å²) in [5.74, 6) is 9.51. The van der Waals surface area contributed by atoms with Crippen LogP contribution in [0.5, 0.6) is 0 Å². The number of aliphatic hydroxyl groups excluding tert-OH is 1. The number of aliphatic hydroxyl groups is 1. The van der Waals surface area contributed by atoms with E-state index in [1.807, 2.05) is 0 Å². The average Bonchev–Trinajstić information content (AvgIpc) is 1.61. The SMILES string of the molecule is NN(N)OCCO. The second-order valence-electron chi connectivity index (χ2n) is 0.917. The van der Waals surface area contributed by atoms with E-state index in [-0.39, 0.29) is 13.2 Å². The predicted octanol–water partition coefficient (Wildman–Crippen LogP) is -2.04. The fourth-order valence-corrected chi connectivity index (χ4v) is 0.146. The maximum Gasteiger partial charge on any atom is 0.0948 e. The zero-order valence-electron chi connectivity index (χ0n) is 3.87. The van der Waals surface area contributed by atoms with Crippen molar-refractivity contribution in [2.45, 2.75) is 0 Å². The Kier molecular flexibility index (Phi) is 3.86. The van der Waals surface area contributed by atoms with Gasteiger partial charge in [0.15, 0.2) is 0 Å². The lowest BCUT2D eigenvalue weighted by Gasteiger charge is -2.05. The van der Waals surface area contributed by atoms with Crippen LogP contribution in [-0.4, -0.2) is 23.6 Å². The lowest BCUT2D eigenvalue weighted by molar-refractivity contribution is -0.171. The van der Waals surface area contributed by atoms with Gasteiger partial charge in [-0.3, -0.25) is 4.84 Å². The van der Waals surface area contributed by atoms with E-state index in [4.69, 9.17) is 16.8 Å². The fraction of sp³-hybridized carbons (Fsp3) is 1.00. The molecule has 0 aromatic heterocycles. The molecule has 0 heterocycles. The highest BCUT2D eigenvalue weighted by Crippen LogP contribution is 1.65. The molecule has 0 atom stereocenters. The van der Waals surface area contributed by atoms with Crippen LogP contribution in [0.4, 0.5) is 0 Å². The van der Waals surface area contributed by atoms with Gasteiger partial charge < -0.3 is 5.11 Å². The smallest absolute Gasteiger partial charge is 0.0948 e. The van der Waals surface area contributed by atoms with Crippen molar-refractivity contribution in [2.24, 2.45) is 11.7 Å². The lowest BCUT2D eigenvalue weighted by Crippen LogP contribution is -2.38. The number of hydrazine groups is 2. The summed E-state index contributed by atoms with van der Waals surface area (Å²) in [6.07, 6.45) is 0. The minimum atomic E-state index is -0.0785. The Morgan fingerprint density at radius 2 is 2.14 bits per heavy atom. The van der Waals surface area contributed by atoms with E-state index < -0.39 is 0 Å². The quantitative estimate of drug-likeness (QED) is 0.286. The summed E-state index contributed by atoms with van der Waals surface area (Å²) in [7, 11) is 0. The fourth-order valence-electron chi connectivity index (χ4n) is 0.146. The van der Waals surface area contributed by atoms with Crippen molar-refractivity contribution in [1.82, 2.24) is 5.28 Å². The second-order valence-corrected chi connectivity index (χ2v) is 0.917. The molecule has 44 valence electrons. The zero-order valence-corrected chi connectivity index (χ0v) is 3.87. The minimum Gasteiger partial charge on any atom is -0.394 e. The highest BCUT2D eigenvalue weighted by molar-refractivity contribution is 4.13. The van der Waals surface area contributed by atoms with E-state index >= 15 is 0 Å². The van der Waals surface area contributed by atoms with Crippen LogP contribution in [0, 0.1) is 0 Å². The summed E-state index contributed by atoms with van der Waals surface area (Å²) < 4.78 is 0. The van der Waals surface area contributed by atoms with Crippen LogP contribution in [0.1, 0.15) is 0 Å². The summed E-state index contributed by atoms with van der Waals surface area (Å²) >= 11 is 0. The molecule has 0 aliphatic heterocycles. The summed E-state index contributed by atoms with van der Waals surface area (Å²) in [4.78, 5) is 4.33. The van der Waals surface area contributed by atoms with E-state index in [0.717, 1.165) is 0 Å². The highest BCUT2D eigenvalue weighted by Gasteiger charge is 1.84. The van der Waals surface area contributed by atoms with Gasteiger partial charge in [0.25, 0.3) is 0 Å². The van der Waals surface area contributed by atoms with Crippen LogP contribution >= 0.6 is 0 Å². The van der Waals surface area contributed by atoms with Gasteiger partial charge in [-0.15, -0.1) is 0 Å². The van der Waals surface area contributed by atoms with Crippen LogP contribution in [0.2, 0.25) is 0 Å². The van der Waals surface area contributed by atoms with Gasteiger partial charge in [0.05, 0.1) is 13.2 Å². The molecule has 7 heavy (non-hydrogen) atoms. The average molecular weight is 107 g/mol. The molecule has 5 heteroatoms. The first-order valence-corrected chi connectivity index (χ1v) is 1.80. The molecular weight excluding hydrogens is 98.0 g/mol. The first-order valence-electron chi connectivity index (χ1n) is 1.80. The number of nitrogens with zero attached hydrogens (tertiary/aromatic N) is 1. The molecule has 0 amide bonds. The van der Waals surface area contributed by atoms with Gasteiger partial charge in [-0.05, 0) is 0 Å². The second kappa shape index (κ2) is 3.97. The van der Waals surface area contributed by atoms with Gasteiger partial charge >= 0.3 is 0 Å². The molecule has 0 spiro atoms. The van der Waals surface area contributed by atoms with E-state index in [1.54, 1.807) is 0 Å². The van der Waals surface area contributed by atoms with Crippen molar-refractivity contribution < 1.29 is 9.94 Å². The van der Waals surface area contributed by atoms with Gasteiger partial charge in [0, 0.05) is 0 Å². The van der Waals surface area contributed by atoms with Gasteiger partial charge in [-0.25, -0.2) is 11.7 Å². The summed E-state index contributed by atoms with van der Waals surface area (Å²) in [5, 5.41) is 8.60. The van der Waals surface area contributed by atoms with E-state index in [2.05, 4.69) is 4.84 Å². The Hall–Kier alpha value is -0.200. The minimum absolute atomic E-state index is 0.0785. The van der Waals surface area contributed by atoms with E-state index in [0.29, 0.717) is 5.28 Å². The van der Waals surface area contributed by atoms with Crippen molar-refractivity contribution in [3.8, 4) is 0 Å². The first kappa shape index (κ1) is 6.80. The Morgan fingerprint density at radius 1 is 1.57 bits per heavy atom. The molecule has 5 N–H and O–H groups in total. The summed E-state index contributed by atoms with van der Waals surface area (Å²) in [5.41, 5.74) is 0. The van der Waals surface area contributed by atoms with Crippen LogP contribution in [0.3, 0.4) is 0 Å². The number of hydrogen-bond donors (Lipinski definition) is 3. The monoisotopic (exact) mass is 107 g/mol. The molecule has 0 radical (unpaired) electrons. The van der Waals surface area contributed by atoms with E-state index in [9.17, 15) is 0 Å². The normalized spacial score (nSPS) is 10.3. The number of nitrogens with two attached hydrogens (primary N) is 2. The third-order valence-electron chi connectivity index (χ3n) is 0.332. The molecular formula is C2H9N3O2. The molecule has 0 fully saturated rings. The van der Waals surface area contributed by atoms with Crippen molar-refractivity contribution in [1.29, 1.82) is 0 Å². The molecule has 0 unspecified atom stereocenters. The molecule has 5 nitrogen and oxygen atoms in total. The maximum atomic E-state index is 8.05. The summed E-state index contributed by atoms with van der Waals surface area (Å²) in [6, 6.07) is 0. The number of hydrogen-bond acceptors (Lipinski definition) is 5. The maximum absolute atomic E-state index is 8.05. The van der Waals surface area contributed by atoms with Crippen molar-refractivity contribution in [3.05, 3.63) is 0 Å². The highest BCUT2D eigenvalue weighted by atomic mass is 16.7. The standard InChI is InChI=1S/C2H9N3O2/c3-5(4)7-2-1-6/h6H,1-4H2. The van der Waals surface area contributed by atoms with Crippen LogP contribution in [0.15, 0.2) is 0 Å². The van der Waals surface area contributed by atoms with Gasteiger partial charge in [0.1, 0.15) is 0 Å². The summed E-state index contributed by atoms with van der Waals surface area (Å²) in [6.45, 7) is 0.0535. The molecule has 0 aromatic carbocycles.